The van der Waals surface area contributed by atoms with Crippen LogP contribution in [0.1, 0.15) is 29.5 Å². The fourth-order valence-electron chi connectivity index (χ4n) is 4.49. The van der Waals surface area contributed by atoms with Gasteiger partial charge in [0.1, 0.15) is 6.07 Å². The van der Waals surface area contributed by atoms with Crippen LogP contribution in [-0.2, 0) is 6.54 Å². The number of aromatic amines is 1. The molecule has 31 heavy (non-hydrogen) atoms. The third-order valence-corrected chi connectivity index (χ3v) is 6.17. The Kier molecular flexibility index (Phi) is 5.15. The quantitative estimate of drug-likeness (QED) is 0.442. The van der Waals surface area contributed by atoms with Crippen LogP contribution in [0, 0.1) is 18.3 Å². The number of nitriles is 1. The fraction of sp³-hybridized carbons (Fsp3) is 0.231. The van der Waals surface area contributed by atoms with Gasteiger partial charge in [0.05, 0.1) is 11.3 Å². The third kappa shape index (κ3) is 3.78. The summed E-state index contributed by atoms with van der Waals surface area (Å²) in [5.74, 6) is 0. The molecule has 5 heteroatoms. The van der Waals surface area contributed by atoms with E-state index in [1.165, 1.54) is 36.9 Å². The van der Waals surface area contributed by atoms with Crippen LogP contribution < -0.4 is 5.32 Å². The molecule has 2 aromatic carbocycles. The lowest BCUT2D eigenvalue weighted by molar-refractivity contribution is 0.331. The van der Waals surface area contributed by atoms with E-state index in [4.69, 9.17) is 0 Å². The first-order valence-electron chi connectivity index (χ1n) is 10.8. The SMILES string of the molecule is Cc1c(Nc2c(C#N)cncc2-c2cccc(CN3CCCC3)c2)ccc2[nH]ccc12. The van der Waals surface area contributed by atoms with Gasteiger partial charge in [-0.05, 0) is 73.8 Å². The standard InChI is InChI=1S/C26H25N5/c1-18-22-9-10-29-25(22)8-7-24(18)30-26-21(14-27)15-28-16-23(26)20-6-4-5-19(13-20)17-31-11-2-3-12-31/h4-10,13,15-16,29H,2-3,11-12,17H2,1H3,(H,28,30). The summed E-state index contributed by atoms with van der Waals surface area (Å²) >= 11 is 0. The summed E-state index contributed by atoms with van der Waals surface area (Å²) < 4.78 is 0. The van der Waals surface area contributed by atoms with Crippen LogP contribution in [0.15, 0.2) is 61.1 Å². The molecule has 3 heterocycles. The van der Waals surface area contributed by atoms with E-state index in [0.29, 0.717) is 5.56 Å². The smallest absolute Gasteiger partial charge is 0.103 e. The number of pyridine rings is 1. The average molecular weight is 408 g/mol. The van der Waals surface area contributed by atoms with Gasteiger partial charge in [0.25, 0.3) is 0 Å². The Hall–Kier alpha value is -3.62. The van der Waals surface area contributed by atoms with E-state index in [2.05, 4.69) is 75.6 Å². The number of aromatic nitrogens is 2. The fourth-order valence-corrected chi connectivity index (χ4v) is 4.49. The first-order valence-corrected chi connectivity index (χ1v) is 10.8. The molecule has 0 amide bonds. The Bertz CT molecular complexity index is 1270. The molecule has 4 aromatic rings. The number of fused-ring (bicyclic) bond motifs is 1. The van der Waals surface area contributed by atoms with Gasteiger partial charge in [-0.15, -0.1) is 0 Å². The molecule has 5 nitrogen and oxygen atoms in total. The summed E-state index contributed by atoms with van der Waals surface area (Å²) in [6.07, 6.45) is 8.00. The van der Waals surface area contributed by atoms with Crippen molar-refractivity contribution in [1.82, 2.24) is 14.9 Å². The number of nitrogens with zero attached hydrogens (tertiary/aromatic N) is 3. The zero-order valence-corrected chi connectivity index (χ0v) is 17.7. The molecule has 0 atom stereocenters. The summed E-state index contributed by atoms with van der Waals surface area (Å²) in [6, 6.07) is 17.1. The van der Waals surface area contributed by atoms with Gasteiger partial charge in [0.2, 0.25) is 0 Å². The van der Waals surface area contributed by atoms with Crippen LogP contribution in [0.3, 0.4) is 0 Å². The number of rotatable bonds is 5. The van der Waals surface area contributed by atoms with E-state index in [9.17, 15) is 5.26 Å². The lowest BCUT2D eigenvalue weighted by atomic mass is 10.00. The van der Waals surface area contributed by atoms with Crippen molar-refractivity contribution in [2.24, 2.45) is 0 Å². The normalized spacial score (nSPS) is 14.1. The Morgan fingerprint density at radius 1 is 1.13 bits per heavy atom. The number of benzene rings is 2. The molecule has 1 fully saturated rings. The Morgan fingerprint density at radius 2 is 2.00 bits per heavy atom. The Morgan fingerprint density at radius 3 is 2.84 bits per heavy atom. The molecule has 1 aliphatic rings. The summed E-state index contributed by atoms with van der Waals surface area (Å²) in [7, 11) is 0. The number of likely N-dealkylation sites (tertiary alicyclic amines) is 1. The second-order valence-corrected chi connectivity index (χ2v) is 8.21. The van der Waals surface area contributed by atoms with Gasteiger partial charge in [-0.2, -0.15) is 5.26 Å². The first kappa shape index (κ1) is 19.3. The lowest BCUT2D eigenvalue weighted by Crippen LogP contribution is -2.18. The molecular formula is C26H25N5. The highest BCUT2D eigenvalue weighted by molar-refractivity contribution is 5.91. The predicted octanol–water partition coefficient (Wildman–Crippen LogP) is 5.75. The molecule has 1 saturated heterocycles. The topological polar surface area (TPSA) is 67.7 Å². The minimum Gasteiger partial charge on any atom is -0.361 e. The summed E-state index contributed by atoms with van der Waals surface area (Å²) in [5, 5.41) is 14.5. The van der Waals surface area contributed by atoms with Crippen LogP contribution in [0.5, 0.6) is 0 Å². The van der Waals surface area contributed by atoms with Gasteiger partial charge < -0.3 is 10.3 Å². The van der Waals surface area contributed by atoms with E-state index in [1.54, 1.807) is 6.20 Å². The van der Waals surface area contributed by atoms with Crippen molar-refractivity contribution in [3.63, 3.8) is 0 Å². The molecule has 0 radical (unpaired) electrons. The van der Waals surface area contributed by atoms with Crippen molar-refractivity contribution in [3.8, 4) is 17.2 Å². The zero-order chi connectivity index (χ0) is 21.2. The minimum absolute atomic E-state index is 0.538. The summed E-state index contributed by atoms with van der Waals surface area (Å²) in [6.45, 7) is 5.40. The lowest BCUT2D eigenvalue weighted by Gasteiger charge is -2.18. The number of nitrogens with one attached hydrogen (secondary N) is 2. The van der Waals surface area contributed by atoms with Crippen molar-refractivity contribution in [2.45, 2.75) is 26.3 Å². The van der Waals surface area contributed by atoms with E-state index in [-0.39, 0.29) is 0 Å². The highest BCUT2D eigenvalue weighted by Gasteiger charge is 2.16. The third-order valence-electron chi connectivity index (χ3n) is 6.17. The van der Waals surface area contributed by atoms with Gasteiger partial charge >= 0.3 is 0 Å². The molecule has 2 aromatic heterocycles. The van der Waals surface area contributed by atoms with Gasteiger partial charge in [0, 0.05) is 47.3 Å². The van der Waals surface area contributed by atoms with Crippen LogP contribution in [0.25, 0.3) is 22.0 Å². The molecule has 5 rings (SSSR count). The van der Waals surface area contributed by atoms with Gasteiger partial charge in [-0.3, -0.25) is 9.88 Å². The largest absolute Gasteiger partial charge is 0.361 e. The van der Waals surface area contributed by atoms with E-state index in [0.717, 1.165) is 40.1 Å². The number of H-pyrrole nitrogens is 1. The molecule has 0 saturated carbocycles. The molecule has 0 bridgehead atoms. The van der Waals surface area contributed by atoms with Crippen molar-refractivity contribution in [3.05, 3.63) is 77.7 Å². The molecule has 1 aliphatic heterocycles. The molecular weight excluding hydrogens is 382 g/mol. The zero-order valence-electron chi connectivity index (χ0n) is 17.7. The second kappa shape index (κ2) is 8.25. The molecule has 0 spiro atoms. The van der Waals surface area contributed by atoms with Crippen molar-refractivity contribution < 1.29 is 0 Å². The maximum atomic E-state index is 9.78. The van der Waals surface area contributed by atoms with Crippen LogP contribution in [0.2, 0.25) is 0 Å². The number of anilines is 2. The summed E-state index contributed by atoms with van der Waals surface area (Å²) in [4.78, 5) is 10.1. The van der Waals surface area contributed by atoms with Gasteiger partial charge in [-0.1, -0.05) is 18.2 Å². The van der Waals surface area contributed by atoms with Crippen molar-refractivity contribution in [1.29, 1.82) is 5.26 Å². The van der Waals surface area contributed by atoms with Crippen LogP contribution in [0.4, 0.5) is 11.4 Å². The van der Waals surface area contributed by atoms with Crippen molar-refractivity contribution >= 4 is 22.3 Å². The van der Waals surface area contributed by atoms with E-state index >= 15 is 0 Å². The minimum atomic E-state index is 0.538. The summed E-state index contributed by atoms with van der Waals surface area (Å²) in [5.41, 5.74) is 7.88. The maximum absolute atomic E-state index is 9.78. The average Bonchev–Trinajstić information content (AvgIpc) is 3.48. The molecule has 0 unspecified atom stereocenters. The van der Waals surface area contributed by atoms with E-state index in [1.807, 2.05) is 12.4 Å². The molecule has 154 valence electrons. The number of aryl methyl sites for hydroxylation is 1. The van der Waals surface area contributed by atoms with Crippen molar-refractivity contribution in [2.75, 3.05) is 18.4 Å². The number of hydrogen-bond donors (Lipinski definition) is 2. The van der Waals surface area contributed by atoms with E-state index < -0.39 is 0 Å². The highest BCUT2D eigenvalue weighted by atomic mass is 15.1. The second-order valence-electron chi connectivity index (χ2n) is 8.21. The van der Waals surface area contributed by atoms with Crippen LogP contribution >= 0.6 is 0 Å². The Balaban J connectivity index is 1.54. The van der Waals surface area contributed by atoms with Gasteiger partial charge in [0.15, 0.2) is 0 Å². The molecule has 2 N–H and O–H groups in total. The van der Waals surface area contributed by atoms with Crippen LogP contribution in [-0.4, -0.2) is 28.0 Å². The molecule has 0 aliphatic carbocycles. The van der Waals surface area contributed by atoms with Gasteiger partial charge in [-0.25, -0.2) is 0 Å². The maximum Gasteiger partial charge on any atom is 0.103 e. The number of hydrogen-bond acceptors (Lipinski definition) is 4. The first-order chi connectivity index (χ1) is 15.2. The highest BCUT2D eigenvalue weighted by Crippen LogP contribution is 2.35. The Labute approximate surface area is 182 Å². The predicted molar refractivity (Wildman–Crippen MR) is 125 cm³/mol. The monoisotopic (exact) mass is 407 g/mol.